The van der Waals surface area contributed by atoms with Crippen molar-refractivity contribution in [1.82, 2.24) is 10.2 Å². The standard InChI is InChI=1S/C19H12ClF3N4O2/c1-8-15-16(10(7-24)17(25)29-18(15)27-26-8)14-5-4-13(28-14)9-2-3-12(20)11(6-9)19(21,22)23/h2-6,16H,25H2,1H3,(H,26,27). The third-order valence-corrected chi connectivity index (χ3v) is 4.93. The first-order valence-corrected chi connectivity index (χ1v) is 8.67. The van der Waals surface area contributed by atoms with Crippen LogP contribution >= 0.6 is 11.6 Å². The molecular formula is C19H12ClF3N4O2. The van der Waals surface area contributed by atoms with Gasteiger partial charge in [0, 0.05) is 11.3 Å². The van der Waals surface area contributed by atoms with Crippen molar-refractivity contribution in [2.75, 3.05) is 0 Å². The van der Waals surface area contributed by atoms with E-state index in [-0.39, 0.29) is 28.7 Å². The summed E-state index contributed by atoms with van der Waals surface area (Å²) in [6.07, 6.45) is -4.60. The number of allylic oxidation sites excluding steroid dienone is 1. The smallest absolute Gasteiger partial charge is 0.417 e. The molecule has 29 heavy (non-hydrogen) atoms. The highest BCUT2D eigenvalue weighted by Gasteiger charge is 2.37. The van der Waals surface area contributed by atoms with Crippen molar-refractivity contribution in [2.45, 2.75) is 19.0 Å². The van der Waals surface area contributed by atoms with Crippen LogP contribution in [0.15, 0.2) is 46.2 Å². The lowest BCUT2D eigenvalue weighted by Gasteiger charge is -2.21. The number of nitrogens with zero attached hydrogens (tertiary/aromatic N) is 2. The zero-order valence-corrected chi connectivity index (χ0v) is 15.5. The average Bonchev–Trinajstić information content (AvgIpc) is 3.27. The number of H-pyrrole nitrogens is 1. The molecule has 0 spiro atoms. The Morgan fingerprint density at radius 1 is 1.28 bits per heavy atom. The lowest BCUT2D eigenvalue weighted by atomic mass is 9.88. The number of alkyl halides is 3. The summed E-state index contributed by atoms with van der Waals surface area (Å²) in [7, 11) is 0. The van der Waals surface area contributed by atoms with Crippen LogP contribution in [0.5, 0.6) is 5.88 Å². The predicted octanol–water partition coefficient (Wildman–Crippen LogP) is 4.87. The third-order valence-electron chi connectivity index (χ3n) is 4.60. The minimum absolute atomic E-state index is 0.111. The first kappa shape index (κ1) is 19.0. The zero-order chi connectivity index (χ0) is 20.9. The van der Waals surface area contributed by atoms with Crippen molar-refractivity contribution in [3.8, 4) is 23.3 Å². The van der Waals surface area contributed by atoms with Crippen molar-refractivity contribution in [3.05, 3.63) is 69.4 Å². The molecule has 2 aromatic heterocycles. The fourth-order valence-electron chi connectivity index (χ4n) is 3.24. The van der Waals surface area contributed by atoms with Crippen molar-refractivity contribution in [3.63, 3.8) is 0 Å². The molecule has 1 unspecified atom stereocenters. The summed E-state index contributed by atoms with van der Waals surface area (Å²) in [6, 6.07) is 8.61. The highest BCUT2D eigenvalue weighted by molar-refractivity contribution is 6.31. The summed E-state index contributed by atoms with van der Waals surface area (Å²) in [5.74, 6) is -0.0944. The number of benzene rings is 1. The quantitative estimate of drug-likeness (QED) is 0.616. The van der Waals surface area contributed by atoms with Crippen LogP contribution in [0, 0.1) is 18.3 Å². The van der Waals surface area contributed by atoms with Crippen LogP contribution in [0.2, 0.25) is 5.02 Å². The number of fused-ring (bicyclic) bond motifs is 1. The van der Waals surface area contributed by atoms with Crippen molar-refractivity contribution in [1.29, 1.82) is 5.26 Å². The molecule has 1 aliphatic heterocycles. The van der Waals surface area contributed by atoms with Gasteiger partial charge in [0.05, 0.1) is 22.1 Å². The van der Waals surface area contributed by atoms with Crippen molar-refractivity contribution >= 4 is 11.6 Å². The fourth-order valence-corrected chi connectivity index (χ4v) is 3.47. The van der Waals surface area contributed by atoms with Gasteiger partial charge in [-0.15, -0.1) is 5.10 Å². The summed E-state index contributed by atoms with van der Waals surface area (Å²) >= 11 is 5.68. The van der Waals surface area contributed by atoms with Gasteiger partial charge in [0.2, 0.25) is 11.8 Å². The third kappa shape index (κ3) is 3.11. The van der Waals surface area contributed by atoms with Crippen LogP contribution in [-0.4, -0.2) is 10.2 Å². The van der Waals surface area contributed by atoms with Gasteiger partial charge in [-0.25, -0.2) is 0 Å². The van der Waals surface area contributed by atoms with Gasteiger partial charge < -0.3 is 14.9 Å². The number of aryl methyl sites for hydroxylation is 1. The van der Waals surface area contributed by atoms with Gasteiger partial charge in [0.15, 0.2) is 0 Å². The Hall–Kier alpha value is -3.38. The number of hydrogen-bond donors (Lipinski definition) is 2. The summed E-state index contributed by atoms with van der Waals surface area (Å²) in [4.78, 5) is 0. The second-order valence-corrected chi connectivity index (χ2v) is 6.79. The van der Waals surface area contributed by atoms with Crippen LogP contribution in [0.4, 0.5) is 13.2 Å². The van der Waals surface area contributed by atoms with E-state index in [0.717, 1.165) is 12.1 Å². The minimum atomic E-state index is -4.60. The summed E-state index contributed by atoms with van der Waals surface area (Å²) in [5, 5.41) is 15.9. The highest BCUT2D eigenvalue weighted by atomic mass is 35.5. The molecular weight excluding hydrogens is 409 g/mol. The Labute approximate surface area is 167 Å². The molecule has 10 heteroatoms. The Morgan fingerprint density at radius 3 is 2.72 bits per heavy atom. The fraction of sp³-hybridized carbons (Fsp3) is 0.158. The first-order chi connectivity index (χ1) is 13.7. The number of hydrogen-bond acceptors (Lipinski definition) is 5. The van der Waals surface area contributed by atoms with Crippen molar-refractivity contribution in [2.24, 2.45) is 5.73 Å². The van der Waals surface area contributed by atoms with Crippen LogP contribution in [0.3, 0.4) is 0 Å². The second-order valence-electron chi connectivity index (χ2n) is 6.39. The lowest BCUT2D eigenvalue weighted by Crippen LogP contribution is -2.20. The molecule has 4 rings (SSSR count). The maximum Gasteiger partial charge on any atom is 0.417 e. The molecule has 0 saturated heterocycles. The second kappa shape index (κ2) is 6.60. The number of halogens is 4. The van der Waals surface area contributed by atoms with Crippen LogP contribution in [-0.2, 0) is 6.18 Å². The molecule has 0 aliphatic carbocycles. The molecule has 3 aromatic rings. The van der Waals surface area contributed by atoms with E-state index in [4.69, 9.17) is 26.5 Å². The van der Waals surface area contributed by atoms with E-state index in [0.29, 0.717) is 17.0 Å². The number of nitriles is 1. The van der Waals surface area contributed by atoms with Crippen LogP contribution in [0.25, 0.3) is 11.3 Å². The number of nitrogens with one attached hydrogen (secondary N) is 1. The largest absolute Gasteiger partial charge is 0.460 e. The Kier molecular flexibility index (Phi) is 4.31. The van der Waals surface area contributed by atoms with Crippen LogP contribution in [0.1, 0.15) is 28.5 Å². The number of rotatable bonds is 2. The first-order valence-electron chi connectivity index (χ1n) is 8.30. The summed E-state index contributed by atoms with van der Waals surface area (Å²) < 4.78 is 50.7. The number of aromatic amines is 1. The predicted molar refractivity (Wildman–Crippen MR) is 96.8 cm³/mol. The number of furan rings is 1. The molecule has 6 nitrogen and oxygen atoms in total. The van der Waals surface area contributed by atoms with Gasteiger partial charge in [-0.3, -0.25) is 5.10 Å². The minimum Gasteiger partial charge on any atom is -0.460 e. The molecule has 148 valence electrons. The Balaban J connectivity index is 1.81. The van der Waals surface area contributed by atoms with E-state index in [9.17, 15) is 18.4 Å². The highest BCUT2D eigenvalue weighted by Crippen LogP contribution is 2.44. The monoisotopic (exact) mass is 420 g/mol. The Bertz CT molecular complexity index is 1190. The maximum absolute atomic E-state index is 13.2. The van der Waals surface area contributed by atoms with E-state index in [1.807, 2.05) is 6.07 Å². The molecule has 0 bridgehead atoms. The summed E-state index contributed by atoms with van der Waals surface area (Å²) in [5.41, 5.74) is 6.42. The van der Waals surface area contributed by atoms with E-state index in [1.165, 1.54) is 12.1 Å². The molecule has 0 saturated carbocycles. The number of nitrogens with two attached hydrogens (primary N) is 1. The van der Waals surface area contributed by atoms with Crippen molar-refractivity contribution < 1.29 is 22.3 Å². The molecule has 3 N–H and O–H groups in total. The molecule has 1 aliphatic rings. The van der Waals surface area contributed by atoms with E-state index in [1.54, 1.807) is 13.0 Å². The summed E-state index contributed by atoms with van der Waals surface area (Å²) in [6.45, 7) is 1.75. The van der Waals surface area contributed by atoms with Gasteiger partial charge in [-0.1, -0.05) is 11.6 Å². The van der Waals surface area contributed by atoms with Gasteiger partial charge in [-0.2, -0.15) is 18.4 Å². The van der Waals surface area contributed by atoms with E-state index >= 15 is 0 Å². The SMILES string of the molecule is Cc1[nH]nc2c1C(c1ccc(-c3ccc(Cl)c(C(F)(F)F)c3)o1)C(C#N)=C(N)O2. The molecule has 0 radical (unpaired) electrons. The molecule has 1 atom stereocenters. The van der Waals surface area contributed by atoms with Gasteiger partial charge in [0.25, 0.3) is 0 Å². The van der Waals surface area contributed by atoms with Gasteiger partial charge in [-0.05, 0) is 37.3 Å². The van der Waals surface area contributed by atoms with E-state index in [2.05, 4.69) is 10.2 Å². The number of aromatic nitrogens is 2. The average molecular weight is 421 g/mol. The Morgan fingerprint density at radius 2 is 2.03 bits per heavy atom. The topological polar surface area (TPSA) is 101 Å². The normalized spacial score (nSPS) is 16.3. The molecule has 0 amide bonds. The van der Waals surface area contributed by atoms with Crippen LogP contribution < -0.4 is 10.5 Å². The molecule has 1 aromatic carbocycles. The van der Waals surface area contributed by atoms with Gasteiger partial charge in [0.1, 0.15) is 23.2 Å². The molecule has 0 fully saturated rings. The van der Waals surface area contributed by atoms with E-state index < -0.39 is 22.7 Å². The van der Waals surface area contributed by atoms with Gasteiger partial charge >= 0.3 is 6.18 Å². The maximum atomic E-state index is 13.2. The lowest BCUT2D eigenvalue weighted by molar-refractivity contribution is -0.137. The molecule has 3 heterocycles. The zero-order valence-electron chi connectivity index (χ0n) is 14.8. The number of ether oxygens (including phenoxy) is 1.